The maximum atomic E-state index is 14.8. The van der Waals surface area contributed by atoms with Crippen LogP contribution in [0.1, 0.15) is 51.2 Å². The second-order valence-corrected chi connectivity index (χ2v) is 7.21. The Bertz CT molecular complexity index is 817. The molecule has 2 aromatic rings. The van der Waals surface area contributed by atoms with Gasteiger partial charge in [0.2, 0.25) is 0 Å². The molecule has 1 aliphatic heterocycles. The van der Waals surface area contributed by atoms with Gasteiger partial charge < -0.3 is 14.2 Å². The normalized spacial score (nSPS) is 19.3. The fourth-order valence-electron chi connectivity index (χ4n) is 3.43. The summed E-state index contributed by atoms with van der Waals surface area (Å²) in [4.78, 5) is 0. The number of hydrogen-bond acceptors (Lipinski definition) is 3. The van der Waals surface area contributed by atoms with Gasteiger partial charge in [-0.25, -0.2) is 13.2 Å². The average Bonchev–Trinajstić information content (AvgIpc) is 2.74. The molecule has 0 amide bonds. The molecule has 0 bridgehead atoms. The average molecular weight is 408 g/mol. The predicted octanol–water partition coefficient (Wildman–Crippen LogP) is 6.21. The molecule has 2 atom stereocenters. The molecule has 0 saturated carbocycles. The first-order chi connectivity index (χ1) is 14.0. The van der Waals surface area contributed by atoms with Gasteiger partial charge in [0.1, 0.15) is 11.6 Å². The van der Waals surface area contributed by atoms with Crippen molar-refractivity contribution in [1.82, 2.24) is 0 Å². The van der Waals surface area contributed by atoms with Gasteiger partial charge in [0.25, 0.3) is 0 Å². The molecule has 1 fully saturated rings. The molecule has 158 valence electrons. The Kier molecular flexibility index (Phi) is 7.56. The van der Waals surface area contributed by atoms with E-state index in [1.54, 1.807) is 6.07 Å². The van der Waals surface area contributed by atoms with Crippen LogP contribution in [0.15, 0.2) is 30.3 Å². The van der Waals surface area contributed by atoms with Crippen LogP contribution in [0.5, 0.6) is 5.75 Å². The lowest BCUT2D eigenvalue weighted by Gasteiger charge is -2.29. The Morgan fingerprint density at radius 2 is 1.69 bits per heavy atom. The Morgan fingerprint density at radius 3 is 2.34 bits per heavy atom. The maximum Gasteiger partial charge on any atom is 0.167 e. The molecule has 2 aromatic carbocycles. The van der Waals surface area contributed by atoms with Gasteiger partial charge in [-0.3, -0.25) is 0 Å². The molecule has 29 heavy (non-hydrogen) atoms. The van der Waals surface area contributed by atoms with Gasteiger partial charge in [-0.1, -0.05) is 26.0 Å². The Balaban J connectivity index is 1.76. The lowest BCUT2D eigenvalue weighted by molar-refractivity contribution is -0.0875. The topological polar surface area (TPSA) is 27.7 Å². The van der Waals surface area contributed by atoms with Gasteiger partial charge in [0.15, 0.2) is 11.6 Å². The van der Waals surface area contributed by atoms with E-state index in [1.807, 2.05) is 13.8 Å². The molecule has 0 spiro atoms. The predicted molar refractivity (Wildman–Crippen MR) is 105 cm³/mol. The molecule has 1 aliphatic rings. The molecule has 3 rings (SSSR count). The van der Waals surface area contributed by atoms with Crippen molar-refractivity contribution in [3.05, 3.63) is 53.3 Å². The van der Waals surface area contributed by atoms with Crippen LogP contribution in [0, 0.1) is 17.5 Å². The highest BCUT2D eigenvalue weighted by Gasteiger charge is 2.28. The number of rotatable bonds is 8. The molecule has 0 N–H and O–H groups in total. The summed E-state index contributed by atoms with van der Waals surface area (Å²) in [6.07, 6.45) is 2.43. The molecule has 2 unspecified atom stereocenters. The Morgan fingerprint density at radius 1 is 0.931 bits per heavy atom. The standard InChI is InChI=1S/C23H27F3O3/c1-3-11-27-15-5-7-17(20(24)13-15)18-8-9-19(23(26)22(18)25)21-10-6-16(14-29-21)28-12-4-2/h5,7-9,13,16,21H,3-4,6,10-12,14H2,1-2H3. The van der Waals surface area contributed by atoms with E-state index in [0.717, 1.165) is 19.3 Å². The number of benzene rings is 2. The van der Waals surface area contributed by atoms with Gasteiger partial charge in [-0.05, 0) is 37.8 Å². The quantitative estimate of drug-likeness (QED) is 0.520. The Labute approximate surface area is 169 Å². The fourth-order valence-corrected chi connectivity index (χ4v) is 3.43. The summed E-state index contributed by atoms with van der Waals surface area (Å²) in [5.74, 6) is -2.36. The van der Waals surface area contributed by atoms with E-state index in [9.17, 15) is 13.2 Å². The lowest BCUT2D eigenvalue weighted by atomic mass is 9.96. The summed E-state index contributed by atoms with van der Waals surface area (Å²) >= 11 is 0. The SMILES string of the molecule is CCCOc1ccc(-c2ccc(C3CCC(OCCC)CO3)c(F)c2F)c(F)c1. The molecule has 1 saturated heterocycles. The van der Waals surface area contributed by atoms with Crippen LogP contribution in [-0.4, -0.2) is 25.9 Å². The van der Waals surface area contributed by atoms with Crippen LogP contribution in [0.3, 0.4) is 0 Å². The molecule has 0 aliphatic carbocycles. The first-order valence-corrected chi connectivity index (χ1v) is 10.2. The van der Waals surface area contributed by atoms with Crippen LogP contribution in [-0.2, 0) is 9.47 Å². The van der Waals surface area contributed by atoms with Crippen LogP contribution in [0.25, 0.3) is 11.1 Å². The van der Waals surface area contributed by atoms with Gasteiger partial charge in [-0.15, -0.1) is 0 Å². The number of halogens is 3. The van der Waals surface area contributed by atoms with Crippen molar-refractivity contribution < 1.29 is 27.4 Å². The van der Waals surface area contributed by atoms with Gasteiger partial charge >= 0.3 is 0 Å². The van der Waals surface area contributed by atoms with Crippen molar-refractivity contribution in [2.45, 2.75) is 51.7 Å². The highest BCUT2D eigenvalue weighted by Crippen LogP contribution is 2.36. The van der Waals surface area contributed by atoms with E-state index in [1.165, 1.54) is 24.3 Å². The largest absolute Gasteiger partial charge is 0.494 e. The lowest BCUT2D eigenvalue weighted by Crippen LogP contribution is -2.28. The van der Waals surface area contributed by atoms with Crippen molar-refractivity contribution in [3.8, 4) is 16.9 Å². The zero-order valence-electron chi connectivity index (χ0n) is 16.8. The minimum Gasteiger partial charge on any atom is -0.494 e. The third-order valence-electron chi connectivity index (χ3n) is 4.95. The minimum absolute atomic E-state index is 0.00519. The van der Waals surface area contributed by atoms with Crippen LogP contribution >= 0.6 is 0 Å². The highest BCUT2D eigenvalue weighted by atomic mass is 19.2. The molecule has 3 nitrogen and oxygen atoms in total. The summed E-state index contributed by atoms with van der Waals surface area (Å²) in [7, 11) is 0. The highest BCUT2D eigenvalue weighted by molar-refractivity contribution is 5.66. The van der Waals surface area contributed by atoms with E-state index in [-0.39, 0.29) is 22.8 Å². The van der Waals surface area contributed by atoms with E-state index in [4.69, 9.17) is 14.2 Å². The van der Waals surface area contributed by atoms with Crippen molar-refractivity contribution in [3.63, 3.8) is 0 Å². The summed E-state index contributed by atoms with van der Waals surface area (Å²) in [5.41, 5.74) is 0.0312. The summed E-state index contributed by atoms with van der Waals surface area (Å²) in [6.45, 7) is 5.44. The van der Waals surface area contributed by atoms with Crippen molar-refractivity contribution >= 4 is 0 Å². The third-order valence-corrected chi connectivity index (χ3v) is 4.95. The van der Waals surface area contributed by atoms with Gasteiger partial charge in [0.05, 0.1) is 25.4 Å². The molecular weight excluding hydrogens is 381 g/mol. The fraction of sp³-hybridized carbons (Fsp3) is 0.478. The van der Waals surface area contributed by atoms with E-state index in [0.29, 0.717) is 32.0 Å². The summed E-state index contributed by atoms with van der Waals surface area (Å²) < 4.78 is 60.8. The monoisotopic (exact) mass is 408 g/mol. The van der Waals surface area contributed by atoms with E-state index < -0.39 is 23.6 Å². The van der Waals surface area contributed by atoms with E-state index >= 15 is 0 Å². The minimum atomic E-state index is -1.07. The van der Waals surface area contributed by atoms with Gasteiger partial charge in [-0.2, -0.15) is 0 Å². The van der Waals surface area contributed by atoms with Crippen molar-refractivity contribution in [2.24, 2.45) is 0 Å². The molecule has 1 heterocycles. The second kappa shape index (κ2) is 10.1. The zero-order valence-corrected chi connectivity index (χ0v) is 16.8. The van der Waals surface area contributed by atoms with Crippen molar-refractivity contribution in [2.75, 3.05) is 19.8 Å². The van der Waals surface area contributed by atoms with E-state index in [2.05, 4.69) is 0 Å². The first-order valence-electron chi connectivity index (χ1n) is 10.2. The zero-order chi connectivity index (χ0) is 20.8. The van der Waals surface area contributed by atoms with Crippen LogP contribution in [0.2, 0.25) is 0 Å². The molecule has 0 aromatic heterocycles. The summed E-state index contributed by atoms with van der Waals surface area (Å²) in [6, 6.07) is 7.04. The Hall–Kier alpha value is -2.05. The summed E-state index contributed by atoms with van der Waals surface area (Å²) in [5, 5.41) is 0. The second-order valence-electron chi connectivity index (χ2n) is 7.21. The molecule has 0 radical (unpaired) electrons. The number of ether oxygens (including phenoxy) is 3. The first kappa shape index (κ1) is 21.7. The molecular formula is C23H27F3O3. The van der Waals surface area contributed by atoms with Crippen molar-refractivity contribution in [1.29, 1.82) is 0 Å². The number of hydrogen-bond donors (Lipinski definition) is 0. The van der Waals surface area contributed by atoms with Crippen LogP contribution in [0.4, 0.5) is 13.2 Å². The van der Waals surface area contributed by atoms with Crippen LogP contribution < -0.4 is 4.74 Å². The smallest absolute Gasteiger partial charge is 0.167 e. The molecule has 6 heteroatoms. The third kappa shape index (κ3) is 5.11. The van der Waals surface area contributed by atoms with Gasteiger partial charge in [0, 0.05) is 29.4 Å². The maximum absolute atomic E-state index is 14.8.